The fraction of sp³-hybridized carbons (Fsp3) is 0. The molecular formula is C8H8N6. The van der Waals surface area contributed by atoms with E-state index in [2.05, 4.69) is 15.0 Å². The lowest BCUT2D eigenvalue weighted by Crippen LogP contribution is -2.14. The molecule has 2 rings (SSSR count). The zero-order valence-electron chi connectivity index (χ0n) is 7.25. The van der Waals surface area contributed by atoms with Crippen molar-refractivity contribution in [2.45, 2.75) is 0 Å². The van der Waals surface area contributed by atoms with Gasteiger partial charge in [-0.1, -0.05) is 0 Å². The number of amidine groups is 1. The summed E-state index contributed by atoms with van der Waals surface area (Å²) in [4.78, 5) is 12.0. The molecule has 6 nitrogen and oxygen atoms in total. The summed E-state index contributed by atoms with van der Waals surface area (Å²) in [5, 5.41) is 7.22. The maximum Gasteiger partial charge on any atom is 0.235 e. The van der Waals surface area contributed by atoms with Crippen molar-refractivity contribution in [1.29, 1.82) is 5.41 Å². The Bertz CT molecular complexity index is 447. The summed E-state index contributed by atoms with van der Waals surface area (Å²) in [6.45, 7) is 0. The molecule has 0 fully saturated rings. The molecule has 6 heteroatoms. The van der Waals surface area contributed by atoms with Crippen LogP contribution in [0.3, 0.4) is 0 Å². The number of nitrogens with two attached hydrogens (primary N) is 1. The van der Waals surface area contributed by atoms with Crippen LogP contribution in [-0.4, -0.2) is 25.4 Å². The van der Waals surface area contributed by atoms with Crippen molar-refractivity contribution >= 4 is 5.84 Å². The van der Waals surface area contributed by atoms with Crippen LogP contribution in [0, 0.1) is 5.41 Å². The molecule has 0 aliphatic carbocycles. The average Bonchev–Trinajstić information content (AvgIpc) is 2.71. The molecule has 3 N–H and O–H groups in total. The van der Waals surface area contributed by atoms with Crippen molar-refractivity contribution in [2.75, 3.05) is 0 Å². The molecule has 0 saturated heterocycles. The number of rotatable bonds is 2. The Morgan fingerprint density at radius 2 is 2.29 bits per heavy atom. The van der Waals surface area contributed by atoms with Gasteiger partial charge in [-0.25, -0.2) is 15.0 Å². The first-order chi connectivity index (χ1) is 6.77. The van der Waals surface area contributed by atoms with Crippen LogP contribution < -0.4 is 5.73 Å². The van der Waals surface area contributed by atoms with Gasteiger partial charge in [0.25, 0.3) is 0 Å². The van der Waals surface area contributed by atoms with Crippen molar-refractivity contribution in [3.05, 3.63) is 36.7 Å². The molecule has 0 atom stereocenters. The van der Waals surface area contributed by atoms with E-state index in [0.29, 0.717) is 11.6 Å². The zero-order valence-corrected chi connectivity index (χ0v) is 7.25. The van der Waals surface area contributed by atoms with Crippen LogP contribution in [0.15, 0.2) is 31.0 Å². The Morgan fingerprint density at radius 1 is 1.43 bits per heavy atom. The monoisotopic (exact) mass is 188 g/mol. The van der Waals surface area contributed by atoms with Crippen LogP contribution in [0.5, 0.6) is 0 Å². The highest BCUT2D eigenvalue weighted by atomic mass is 15.2. The minimum atomic E-state index is -0.0752. The smallest absolute Gasteiger partial charge is 0.235 e. The summed E-state index contributed by atoms with van der Waals surface area (Å²) in [6, 6.07) is 1.59. The van der Waals surface area contributed by atoms with E-state index >= 15 is 0 Å². The van der Waals surface area contributed by atoms with E-state index in [9.17, 15) is 0 Å². The molecule has 70 valence electrons. The number of imidazole rings is 1. The van der Waals surface area contributed by atoms with E-state index in [1.165, 1.54) is 0 Å². The lowest BCUT2D eigenvalue weighted by atomic mass is 10.4. The number of nitrogens with one attached hydrogen (secondary N) is 1. The molecule has 2 aromatic heterocycles. The molecule has 0 bridgehead atoms. The quantitative estimate of drug-likeness (QED) is 0.510. The first kappa shape index (κ1) is 8.36. The highest BCUT2D eigenvalue weighted by Gasteiger charge is 2.02. The van der Waals surface area contributed by atoms with Gasteiger partial charge in [0, 0.05) is 18.6 Å². The third-order valence-electron chi connectivity index (χ3n) is 1.65. The van der Waals surface area contributed by atoms with Crippen molar-refractivity contribution < 1.29 is 0 Å². The summed E-state index contributed by atoms with van der Waals surface area (Å²) in [5.74, 6) is 0.379. The lowest BCUT2D eigenvalue weighted by Gasteiger charge is -2.01. The maximum atomic E-state index is 7.22. The Kier molecular flexibility index (Phi) is 1.94. The van der Waals surface area contributed by atoms with Gasteiger partial charge in [0.05, 0.1) is 0 Å². The predicted molar refractivity (Wildman–Crippen MR) is 50.2 cm³/mol. The van der Waals surface area contributed by atoms with Gasteiger partial charge in [0.2, 0.25) is 5.95 Å². The molecule has 0 aromatic carbocycles. The van der Waals surface area contributed by atoms with Crippen LogP contribution >= 0.6 is 0 Å². The standard InChI is InChI=1S/C8H8N6/c9-7(10)6-1-2-12-8(13-6)14-4-3-11-5-14/h1-5H,(H3,9,10). The SMILES string of the molecule is N=C(N)c1ccnc(-n2ccnc2)n1. The zero-order chi connectivity index (χ0) is 9.97. The van der Waals surface area contributed by atoms with Gasteiger partial charge in [-0.15, -0.1) is 0 Å². The molecule has 0 radical (unpaired) electrons. The van der Waals surface area contributed by atoms with E-state index in [-0.39, 0.29) is 5.84 Å². The second-order valence-corrected chi connectivity index (χ2v) is 2.63. The van der Waals surface area contributed by atoms with Crippen LogP contribution in [-0.2, 0) is 0 Å². The van der Waals surface area contributed by atoms with E-state index in [0.717, 1.165) is 0 Å². The van der Waals surface area contributed by atoms with Gasteiger partial charge < -0.3 is 5.73 Å². The minimum absolute atomic E-state index is 0.0752. The lowest BCUT2D eigenvalue weighted by molar-refractivity contribution is 0.920. The van der Waals surface area contributed by atoms with Crippen LogP contribution in [0.4, 0.5) is 0 Å². The number of nitrogen functional groups attached to an aromatic ring is 1. The van der Waals surface area contributed by atoms with Crippen molar-refractivity contribution in [2.24, 2.45) is 5.73 Å². The Labute approximate surface area is 80.0 Å². The topological polar surface area (TPSA) is 93.5 Å². The molecule has 2 heterocycles. The predicted octanol–water partition coefficient (Wildman–Crippen LogP) is -0.0536. The number of hydrogen-bond acceptors (Lipinski definition) is 4. The minimum Gasteiger partial charge on any atom is -0.382 e. The fourth-order valence-corrected chi connectivity index (χ4v) is 1.00. The fourth-order valence-electron chi connectivity index (χ4n) is 1.00. The summed E-state index contributed by atoms with van der Waals surface area (Å²) >= 11 is 0. The van der Waals surface area contributed by atoms with Gasteiger partial charge in [0.15, 0.2) is 0 Å². The van der Waals surface area contributed by atoms with E-state index in [4.69, 9.17) is 11.1 Å². The number of aromatic nitrogens is 4. The second kappa shape index (κ2) is 3.25. The third kappa shape index (κ3) is 1.45. The van der Waals surface area contributed by atoms with Crippen LogP contribution in [0.2, 0.25) is 0 Å². The molecule has 0 unspecified atom stereocenters. The van der Waals surface area contributed by atoms with E-state index in [1.807, 2.05) is 0 Å². The summed E-state index contributed by atoms with van der Waals surface area (Å²) < 4.78 is 1.65. The molecule has 14 heavy (non-hydrogen) atoms. The van der Waals surface area contributed by atoms with E-state index in [1.54, 1.807) is 35.6 Å². The maximum absolute atomic E-state index is 7.22. The third-order valence-corrected chi connectivity index (χ3v) is 1.65. The molecule has 0 aliphatic heterocycles. The number of hydrogen-bond donors (Lipinski definition) is 2. The normalized spacial score (nSPS) is 10.0. The Morgan fingerprint density at radius 3 is 2.93 bits per heavy atom. The molecular weight excluding hydrogens is 180 g/mol. The molecule has 0 saturated carbocycles. The van der Waals surface area contributed by atoms with Crippen LogP contribution in [0.25, 0.3) is 5.95 Å². The summed E-state index contributed by atoms with van der Waals surface area (Å²) in [6.07, 6.45) is 6.49. The second-order valence-electron chi connectivity index (χ2n) is 2.63. The van der Waals surface area contributed by atoms with Gasteiger partial charge in [-0.3, -0.25) is 9.98 Å². The van der Waals surface area contributed by atoms with Gasteiger partial charge in [0.1, 0.15) is 17.9 Å². The largest absolute Gasteiger partial charge is 0.382 e. The van der Waals surface area contributed by atoms with Gasteiger partial charge in [-0.2, -0.15) is 0 Å². The first-order valence-electron chi connectivity index (χ1n) is 3.93. The first-order valence-corrected chi connectivity index (χ1v) is 3.93. The van der Waals surface area contributed by atoms with Crippen molar-refractivity contribution in [3.8, 4) is 5.95 Å². The van der Waals surface area contributed by atoms with E-state index < -0.39 is 0 Å². The van der Waals surface area contributed by atoms with Crippen LogP contribution in [0.1, 0.15) is 5.69 Å². The Balaban J connectivity index is 2.46. The number of nitrogens with zero attached hydrogens (tertiary/aromatic N) is 4. The molecule has 0 spiro atoms. The van der Waals surface area contributed by atoms with Gasteiger partial charge in [-0.05, 0) is 6.07 Å². The summed E-state index contributed by atoms with van der Waals surface area (Å²) in [7, 11) is 0. The molecule has 2 aromatic rings. The van der Waals surface area contributed by atoms with Crippen molar-refractivity contribution in [3.63, 3.8) is 0 Å². The highest BCUT2D eigenvalue weighted by molar-refractivity contribution is 5.92. The average molecular weight is 188 g/mol. The van der Waals surface area contributed by atoms with Crippen molar-refractivity contribution in [1.82, 2.24) is 19.5 Å². The van der Waals surface area contributed by atoms with Gasteiger partial charge >= 0.3 is 0 Å². The molecule has 0 amide bonds. The Hall–Kier alpha value is -2.24. The summed E-state index contributed by atoms with van der Waals surface area (Å²) in [5.41, 5.74) is 5.71. The molecule has 0 aliphatic rings. The highest BCUT2D eigenvalue weighted by Crippen LogP contribution is 2.00.